The van der Waals surface area contributed by atoms with E-state index in [-0.39, 0.29) is 0 Å². The number of hydrogen-bond donors (Lipinski definition) is 1. The van der Waals surface area contributed by atoms with Gasteiger partial charge in [-0.25, -0.2) is 0 Å². The number of aromatic nitrogens is 1. The molecule has 94 valence electrons. The van der Waals surface area contributed by atoms with E-state index in [1.807, 2.05) is 48.8 Å². The lowest BCUT2D eigenvalue weighted by Crippen LogP contribution is -2.04. The fourth-order valence-corrected chi connectivity index (χ4v) is 1.82. The summed E-state index contributed by atoms with van der Waals surface area (Å²) in [7, 11) is 0. The molecule has 2 N–H and O–H groups in total. The van der Waals surface area contributed by atoms with Gasteiger partial charge in [-0.05, 0) is 36.6 Å². The summed E-state index contributed by atoms with van der Waals surface area (Å²) >= 11 is 0. The molecule has 0 aliphatic heterocycles. The van der Waals surface area contributed by atoms with E-state index in [2.05, 4.69) is 4.98 Å². The molecule has 0 bridgehead atoms. The highest BCUT2D eigenvalue weighted by atomic mass is 16.5. The quantitative estimate of drug-likeness (QED) is 0.792. The van der Waals surface area contributed by atoms with Crippen LogP contribution < -0.4 is 10.5 Å². The molecule has 0 amide bonds. The second-order valence-electron chi connectivity index (χ2n) is 4.12. The van der Waals surface area contributed by atoms with Crippen LogP contribution in [0.15, 0.2) is 48.8 Å². The molecule has 18 heavy (non-hydrogen) atoms. The highest BCUT2D eigenvalue weighted by molar-refractivity contribution is 5.32. The zero-order valence-electron chi connectivity index (χ0n) is 10.4. The number of hydrogen-bond acceptors (Lipinski definition) is 3. The van der Waals surface area contributed by atoms with Crippen LogP contribution in [0.1, 0.15) is 17.5 Å². The average Bonchev–Trinajstić information content (AvgIpc) is 2.45. The first-order valence-electron chi connectivity index (χ1n) is 6.20. The van der Waals surface area contributed by atoms with Gasteiger partial charge in [-0.2, -0.15) is 0 Å². The molecule has 1 heterocycles. The molecule has 2 rings (SSSR count). The van der Waals surface area contributed by atoms with Crippen LogP contribution in [-0.2, 0) is 13.0 Å². The second-order valence-corrected chi connectivity index (χ2v) is 4.12. The van der Waals surface area contributed by atoms with Crippen molar-refractivity contribution >= 4 is 0 Å². The lowest BCUT2D eigenvalue weighted by molar-refractivity contribution is 0.308. The maximum atomic E-state index is 5.75. The summed E-state index contributed by atoms with van der Waals surface area (Å²) in [4.78, 5) is 4.00. The van der Waals surface area contributed by atoms with Gasteiger partial charge in [-0.1, -0.05) is 18.2 Å². The maximum absolute atomic E-state index is 5.75. The highest BCUT2D eigenvalue weighted by Crippen LogP contribution is 2.17. The third kappa shape index (κ3) is 3.57. The number of pyridine rings is 1. The molecule has 0 fully saturated rings. The smallest absolute Gasteiger partial charge is 0.123 e. The SMILES string of the molecule is NCc1ccccc1OCCCc1ccncc1. The van der Waals surface area contributed by atoms with Crippen molar-refractivity contribution in [1.29, 1.82) is 0 Å². The average molecular weight is 242 g/mol. The molecule has 1 aromatic carbocycles. The van der Waals surface area contributed by atoms with Crippen LogP contribution in [0.5, 0.6) is 5.75 Å². The maximum Gasteiger partial charge on any atom is 0.123 e. The van der Waals surface area contributed by atoms with Crippen molar-refractivity contribution in [3.63, 3.8) is 0 Å². The minimum atomic E-state index is 0.514. The zero-order valence-corrected chi connectivity index (χ0v) is 10.4. The minimum absolute atomic E-state index is 0.514. The van der Waals surface area contributed by atoms with Gasteiger partial charge < -0.3 is 10.5 Å². The number of benzene rings is 1. The van der Waals surface area contributed by atoms with Crippen molar-refractivity contribution in [3.8, 4) is 5.75 Å². The molecule has 0 atom stereocenters. The number of rotatable bonds is 6. The van der Waals surface area contributed by atoms with Crippen LogP contribution in [0.2, 0.25) is 0 Å². The molecular formula is C15H18N2O. The van der Waals surface area contributed by atoms with Crippen molar-refractivity contribution in [2.75, 3.05) is 6.61 Å². The van der Waals surface area contributed by atoms with Gasteiger partial charge in [0.1, 0.15) is 5.75 Å². The molecule has 0 spiro atoms. The van der Waals surface area contributed by atoms with Crippen molar-refractivity contribution in [1.82, 2.24) is 4.98 Å². The van der Waals surface area contributed by atoms with E-state index in [9.17, 15) is 0 Å². The number of nitrogens with two attached hydrogens (primary N) is 1. The molecule has 3 nitrogen and oxygen atoms in total. The van der Waals surface area contributed by atoms with Crippen molar-refractivity contribution in [2.24, 2.45) is 5.73 Å². The standard InChI is InChI=1S/C15H18N2O/c16-12-14-5-1-2-6-15(14)18-11-3-4-13-7-9-17-10-8-13/h1-2,5-10H,3-4,11-12,16H2. The molecule has 0 unspecified atom stereocenters. The third-order valence-electron chi connectivity index (χ3n) is 2.81. The minimum Gasteiger partial charge on any atom is -0.493 e. The van der Waals surface area contributed by atoms with Crippen molar-refractivity contribution in [2.45, 2.75) is 19.4 Å². The van der Waals surface area contributed by atoms with Crippen molar-refractivity contribution in [3.05, 3.63) is 59.9 Å². The Bertz CT molecular complexity index is 471. The zero-order chi connectivity index (χ0) is 12.6. The molecule has 2 aromatic rings. The Kier molecular flexibility index (Phi) is 4.73. The molecule has 0 radical (unpaired) electrons. The van der Waals surface area contributed by atoms with Crippen LogP contribution in [-0.4, -0.2) is 11.6 Å². The monoisotopic (exact) mass is 242 g/mol. The Morgan fingerprint density at radius 1 is 1.06 bits per heavy atom. The van der Waals surface area contributed by atoms with Gasteiger partial charge in [0.05, 0.1) is 6.61 Å². The number of aryl methyl sites for hydroxylation is 1. The second kappa shape index (κ2) is 6.77. The Balaban J connectivity index is 1.78. The van der Waals surface area contributed by atoms with Crippen LogP contribution in [0.3, 0.4) is 0 Å². The number of nitrogens with zero attached hydrogens (tertiary/aromatic N) is 1. The molecule has 0 aliphatic carbocycles. The van der Waals surface area contributed by atoms with E-state index in [0.29, 0.717) is 13.2 Å². The number of ether oxygens (including phenoxy) is 1. The van der Waals surface area contributed by atoms with Gasteiger partial charge in [-0.15, -0.1) is 0 Å². The largest absolute Gasteiger partial charge is 0.493 e. The fraction of sp³-hybridized carbons (Fsp3) is 0.267. The van der Waals surface area contributed by atoms with Gasteiger partial charge in [0, 0.05) is 24.5 Å². The molecule has 0 saturated carbocycles. The summed E-state index contributed by atoms with van der Waals surface area (Å²) in [5.41, 5.74) is 8.01. The third-order valence-corrected chi connectivity index (χ3v) is 2.81. The van der Waals surface area contributed by atoms with Gasteiger partial charge in [0.2, 0.25) is 0 Å². The summed E-state index contributed by atoms with van der Waals surface area (Å²) in [6.45, 7) is 1.22. The molecule has 1 aromatic heterocycles. The van der Waals surface area contributed by atoms with Crippen LogP contribution >= 0.6 is 0 Å². The van der Waals surface area contributed by atoms with Crippen LogP contribution in [0, 0.1) is 0 Å². The van der Waals surface area contributed by atoms with Gasteiger partial charge in [-0.3, -0.25) is 4.98 Å². The normalized spacial score (nSPS) is 10.3. The van der Waals surface area contributed by atoms with E-state index in [1.54, 1.807) is 0 Å². The predicted molar refractivity (Wildman–Crippen MR) is 72.4 cm³/mol. The molecule has 0 aliphatic rings. The molecule has 3 heteroatoms. The molecule has 0 saturated heterocycles. The van der Waals surface area contributed by atoms with Crippen LogP contribution in [0.25, 0.3) is 0 Å². The Labute approximate surface area is 108 Å². The molecular weight excluding hydrogens is 224 g/mol. The van der Waals surface area contributed by atoms with E-state index in [4.69, 9.17) is 10.5 Å². The summed E-state index contributed by atoms with van der Waals surface area (Å²) in [5, 5.41) is 0. The first-order chi connectivity index (χ1) is 8.90. The van der Waals surface area contributed by atoms with Gasteiger partial charge in [0.15, 0.2) is 0 Å². The summed E-state index contributed by atoms with van der Waals surface area (Å²) in [5.74, 6) is 0.898. The Morgan fingerprint density at radius 2 is 1.83 bits per heavy atom. The highest BCUT2D eigenvalue weighted by Gasteiger charge is 2.00. The van der Waals surface area contributed by atoms with Gasteiger partial charge in [0.25, 0.3) is 0 Å². The van der Waals surface area contributed by atoms with E-state index < -0.39 is 0 Å². The first kappa shape index (κ1) is 12.6. The fourth-order valence-electron chi connectivity index (χ4n) is 1.82. The van der Waals surface area contributed by atoms with E-state index in [0.717, 1.165) is 24.2 Å². The Morgan fingerprint density at radius 3 is 2.61 bits per heavy atom. The first-order valence-corrected chi connectivity index (χ1v) is 6.20. The topological polar surface area (TPSA) is 48.1 Å². The summed E-state index contributed by atoms with van der Waals surface area (Å²) in [6.07, 6.45) is 5.63. The summed E-state index contributed by atoms with van der Waals surface area (Å²) < 4.78 is 5.75. The number of para-hydroxylation sites is 1. The predicted octanol–water partition coefficient (Wildman–Crippen LogP) is 2.55. The van der Waals surface area contributed by atoms with E-state index in [1.165, 1.54) is 5.56 Å². The summed E-state index contributed by atoms with van der Waals surface area (Å²) in [6, 6.07) is 12.0. The van der Waals surface area contributed by atoms with Crippen LogP contribution in [0.4, 0.5) is 0 Å². The van der Waals surface area contributed by atoms with E-state index >= 15 is 0 Å². The lowest BCUT2D eigenvalue weighted by atomic mass is 10.1. The van der Waals surface area contributed by atoms with Gasteiger partial charge >= 0.3 is 0 Å². The lowest BCUT2D eigenvalue weighted by Gasteiger charge is -2.09. The van der Waals surface area contributed by atoms with Crippen molar-refractivity contribution < 1.29 is 4.74 Å². The Hall–Kier alpha value is -1.87.